The van der Waals surface area contributed by atoms with Crippen molar-refractivity contribution in [1.82, 2.24) is 9.59 Å². The molecule has 0 spiro atoms. The van der Waals surface area contributed by atoms with Gasteiger partial charge in [-0.2, -0.15) is 0 Å². The van der Waals surface area contributed by atoms with Crippen molar-refractivity contribution >= 4 is 34.7 Å². The van der Waals surface area contributed by atoms with E-state index in [-0.39, 0.29) is 11.8 Å². The number of benzene rings is 1. The third kappa shape index (κ3) is 3.11. The third-order valence-corrected chi connectivity index (χ3v) is 3.70. The Morgan fingerprint density at radius 1 is 1.42 bits per heavy atom. The second-order valence-corrected chi connectivity index (χ2v) is 5.41. The Bertz CT molecular complexity index is 583. The summed E-state index contributed by atoms with van der Waals surface area (Å²) in [5.41, 5.74) is 2.34. The highest BCUT2D eigenvalue weighted by atomic mass is 35.5. The normalized spacial score (nSPS) is 10.7. The molecule has 1 aromatic carbocycles. The quantitative estimate of drug-likeness (QED) is 0.876. The zero-order valence-electron chi connectivity index (χ0n) is 10.7. The lowest BCUT2D eigenvalue weighted by Crippen LogP contribution is -2.14. The first-order chi connectivity index (χ1) is 9.13. The predicted octanol–water partition coefficient (Wildman–Crippen LogP) is 3.65. The Morgan fingerprint density at radius 3 is 2.84 bits per heavy atom. The molecular formula is C13H14ClN3OS. The standard InChI is InChI=1S/C13H14ClN3OS/c1-8(2)11-12(19-17-16-11)13(18)15-10-6-4-3-5-9(10)7-14/h3-6,8H,7H2,1-2H3,(H,15,18). The molecule has 0 fully saturated rings. The van der Waals surface area contributed by atoms with E-state index in [4.69, 9.17) is 11.6 Å². The molecule has 0 aliphatic rings. The number of nitrogens with one attached hydrogen (secondary N) is 1. The van der Waals surface area contributed by atoms with Gasteiger partial charge in [-0.3, -0.25) is 4.79 Å². The van der Waals surface area contributed by atoms with Gasteiger partial charge in [0, 0.05) is 11.6 Å². The van der Waals surface area contributed by atoms with Crippen molar-refractivity contribution in [3.05, 3.63) is 40.4 Å². The van der Waals surface area contributed by atoms with Gasteiger partial charge in [-0.05, 0) is 29.1 Å². The van der Waals surface area contributed by atoms with Crippen molar-refractivity contribution in [2.24, 2.45) is 0 Å². The minimum Gasteiger partial charge on any atom is -0.321 e. The number of para-hydroxylation sites is 1. The average molecular weight is 296 g/mol. The molecule has 0 saturated carbocycles. The fraction of sp³-hybridized carbons (Fsp3) is 0.308. The van der Waals surface area contributed by atoms with Gasteiger partial charge in [-0.15, -0.1) is 16.7 Å². The van der Waals surface area contributed by atoms with Gasteiger partial charge in [0.15, 0.2) is 0 Å². The van der Waals surface area contributed by atoms with Gasteiger partial charge < -0.3 is 5.32 Å². The molecule has 2 aromatic rings. The van der Waals surface area contributed by atoms with Gasteiger partial charge in [0.1, 0.15) is 4.88 Å². The lowest BCUT2D eigenvalue weighted by Gasteiger charge is -2.09. The maximum absolute atomic E-state index is 12.2. The fourth-order valence-electron chi connectivity index (χ4n) is 1.67. The molecule has 0 atom stereocenters. The third-order valence-electron chi connectivity index (χ3n) is 2.68. The topological polar surface area (TPSA) is 54.9 Å². The number of hydrogen-bond donors (Lipinski definition) is 1. The molecule has 6 heteroatoms. The van der Waals surface area contributed by atoms with Crippen LogP contribution in [0.4, 0.5) is 5.69 Å². The summed E-state index contributed by atoms with van der Waals surface area (Å²) in [4.78, 5) is 12.8. The summed E-state index contributed by atoms with van der Waals surface area (Å²) in [5, 5.41) is 6.87. The number of carbonyl (C=O) groups excluding carboxylic acids is 1. The van der Waals surface area contributed by atoms with Crippen LogP contribution in [0, 0.1) is 0 Å². The van der Waals surface area contributed by atoms with Crippen LogP contribution in [0.25, 0.3) is 0 Å². The fourth-order valence-corrected chi connectivity index (χ4v) is 2.62. The van der Waals surface area contributed by atoms with Crippen LogP contribution in [-0.4, -0.2) is 15.5 Å². The molecule has 19 heavy (non-hydrogen) atoms. The number of alkyl halides is 1. The van der Waals surface area contributed by atoms with E-state index in [0.717, 1.165) is 28.5 Å². The zero-order valence-corrected chi connectivity index (χ0v) is 12.3. The summed E-state index contributed by atoms with van der Waals surface area (Å²) in [6.07, 6.45) is 0. The molecule has 0 radical (unpaired) electrons. The summed E-state index contributed by atoms with van der Waals surface area (Å²) >= 11 is 6.96. The first-order valence-electron chi connectivity index (χ1n) is 5.91. The van der Waals surface area contributed by atoms with Crippen LogP contribution in [0.1, 0.15) is 40.7 Å². The van der Waals surface area contributed by atoms with E-state index in [9.17, 15) is 4.79 Å². The molecule has 0 unspecified atom stereocenters. The van der Waals surface area contributed by atoms with Crippen LogP contribution in [0.2, 0.25) is 0 Å². The van der Waals surface area contributed by atoms with Crippen LogP contribution in [0.15, 0.2) is 24.3 Å². The Balaban J connectivity index is 2.23. The number of carbonyl (C=O) groups is 1. The van der Waals surface area contributed by atoms with Gasteiger partial charge >= 0.3 is 0 Å². The zero-order chi connectivity index (χ0) is 13.8. The van der Waals surface area contributed by atoms with Crippen molar-refractivity contribution in [3.63, 3.8) is 0 Å². The summed E-state index contributed by atoms with van der Waals surface area (Å²) in [6, 6.07) is 7.47. The molecule has 1 heterocycles. The second-order valence-electron chi connectivity index (χ2n) is 4.39. The number of amides is 1. The highest BCUT2D eigenvalue weighted by Gasteiger charge is 2.19. The van der Waals surface area contributed by atoms with E-state index < -0.39 is 0 Å². The predicted molar refractivity (Wildman–Crippen MR) is 78.0 cm³/mol. The molecule has 2 rings (SSSR count). The van der Waals surface area contributed by atoms with Gasteiger partial charge in [-0.25, -0.2) is 0 Å². The molecule has 1 N–H and O–H groups in total. The molecule has 0 aliphatic carbocycles. The van der Waals surface area contributed by atoms with Crippen LogP contribution in [-0.2, 0) is 5.88 Å². The monoisotopic (exact) mass is 295 g/mol. The van der Waals surface area contributed by atoms with Crippen LogP contribution >= 0.6 is 23.1 Å². The van der Waals surface area contributed by atoms with Crippen LogP contribution in [0.3, 0.4) is 0 Å². The highest BCUT2D eigenvalue weighted by Crippen LogP contribution is 2.23. The largest absolute Gasteiger partial charge is 0.321 e. The molecule has 0 bridgehead atoms. The summed E-state index contributed by atoms with van der Waals surface area (Å²) in [5.74, 6) is 0.341. The van der Waals surface area contributed by atoms with Gasteiger partial charge in [0.05, 0.1) is 5.69 Å². The van der Waals surface area contributed by atoms with E-state index in [1.807, 2.05) is 38.1 Å². The molecule has 1 aromatic heterocycles. The molecule has 0 aliphatic heterocycles. The minimum atomic E-state index is -0.184. The lowest BCUT2D eigenvalue weighted by molar-refractivity contribution is 0.102. The van der Waals surface area contributed by atoms with Crippen molar-refractivity contribution < 1.29 is 4.79 Å². The number of nitrogens with zero attached hydrogens (tertiary/aromatic N) is 2. The summed E-state index contributed by atoms with van der Waals surface area (Å²) in [7, 11) is 0. The van der Waals surface area contributed by atoms with E-state index >= 15 is 0 Å². The first kappa shape index (κ1) is 14.0. The van der Waals surface area contributed by atoms with Crippen molar-refractivity contribution in [1.29, 1.82) is 0 Å². The number of halogens is 1. The Morgan fingerprint density at radius 2 is 2.16 bits per heavy atom. The van der Waals surface area contributed by atoms with E-state index in [2.05, 4.69) is 14.9 Å². The minimum absolute atomic E-state index is 0.169. The number of aromatic nitrogens is 2. The van der Waals surface area contributed by atoms with Crippen molar-refractivity contribution in [2.45, 2.75) is 25.6 Å². The maximum atomic E-state index is 12.2. The molecule has 1 amide bonds. The van der Waals surface area contributed by atoms with E-state index in [0.29, 0.717) is 10.8 Å². The molecule has 100 valence electrons. The Hall–Kier alpha value is -1.46. The van der Waals surface area contributed by atoms with E-state index in [1.165, 1.54) is 0 Å². The SMILES string of the molecule is CC(C)c1nnsc1C(=O)Nc1ccccc1CCl. The Labute approximate surface area is 121 Å². The maximum Gasteiger partial charge on any atom is 0.269 e. The number of anilines is 1. The highest BCUT2D eigenvalue weighted by molar-refractivity contribution is 7.08. The summed E-state index contributed by atoms with van der Waals surface area (Å²) < 4.78 is 3.85. The lowest BCUT2D eigenvalue weighted by atomic mass is 10.1. The number of rotatable bonds is 4. The first-order valence-corrected chi connectivity index (χ1v) is 7.21. The van der Waals surface area contributed by atoms with Gasteiger partial charge in [0.25, 0.3) is 5.91 Å². The second kappa shape index (κ2) is 6.12. The smallest absolute Gasteiger partial charge is 0.269 e. The van der Waals surface area contributed by atoms with Crippen LogP contribution in [0.5, 0.6) is 0 Å². The molecular weight excluding hydrogens is 282 g/mol. The number of hydrogen-bond acceptors (Lipinski definition) is 4. The molecule has 4 nitrogen and oxygen atoms in total. The average Bonchev–Trinajstić information content (AvgIpc) is 2.88. The molecule has 0 saturated heterocycles. The Kier molecular flexibility index (Phi) is 4.50. The van der Waals surface area contributed by atoms with Gasteiger partial charge in [-0.1, -0.05) is 36.5 Å². The summed E-state index contributed by atoms with van der Waals surface area (Å²) in [6.45, 7) is 3.97. The van der Waals surface area contributed by atoms with Crippen molar-refractivity contribution in [3.8, 4) is 0 Å². The van der Waals surface area contributed by atoms with Crippen molar-refractivity contribution in [2.75, 3.05) is 5.32 Å². The van der Waals surface area contributed by atoms with Crippen LogP contribution < -0.4 is 5.32 Å². The van der Waals surface area contributed by atoms with E-state index in [1.54, 1.807) is 0 Å². The van der Waals surface area contributed by atoms with Gasteiger partial charge in [0.2, 0.25) is 0 Å².